The highest BCUT2D eigenvalue weighted by atomic mass is 16.5. The zero-order valence-corrected chi connectivity index (χ0v) is 21.6. The summed E-state index contributed by atoms with van der Waals surface area (Å²) in [5.74, 6) is 0.543. The fourth-order valence-electron chi connectivity index (χ4n) is 4.84. The normalized spacial score (nSPS) is 13.4. The third-order valence-corrected chi connectivity index (χ3v) is 6.76. The molecule has 1 amide bonds. The van der Waals surface area contributed by atoms with E-state index in [1.807, 2.05) is 24.3 Å². The second-order valence-corrected chi connectivity index (χ2v) is 9.66. The lowest BCUT2D eigenvalue weighted by atomic mass is 10.0. The zero-order chi connectivity index (χ0) is 26.6. The van der Waals surface area contributed by atoms with Crippen LogP contribution in [0.25, 0.3) is 10.9 Å². The zero-order valence-electron chi connectivity index (χ0n) is 21.6. The quantitative estimate of drug-likeness (QED) is 0.346. The molecule has 9 nitrogen and oxygen atoms in total. The van der Waals surface area contributed by atoms with Crippen LogP contribution in [0.3, 0.4) is 0 Å². The summed E-state index contributed by atoms with van der Waals surface area (Å²) in [6.45, 7) is 1.40. The number of anilines is 1. The number of carboxylic acids is 1. The highest BCUT2D eigenvalue weighted by molar-refractivity contribution is 5.94. The number of aryl methyl sites for hydroxylation is 1. The van der Waals surface area contributed by atoms with Crippen molar-refractivity contribution in [2.24, 2.45) is 0 Å². The third-order valence-electron chi connectivity index (χ3n) is 6.76. The maximum atomic E-state index is 12.5. The van der Waals surface area contributed by atoms with Gasteiger partial charge in [0.15, 0.2) is 0 Å². The molecule has 5 rings (SSSR count). The lowest BCUT2D eigenvalue weighted by molar-refractivity contribution is -0.137. The van der Waals surface area contributed by atoms with Gasteiger partial charge in [0.1, 0.15) is 11.6 Å². The third kappa shape index (κ3) is 5.32. The van der Waals surface area contributed by atoms with Crippen molar-refractivity contribution in [1.29, 1.82) is 0 Å². The van der Waals surface area contributed by atoms with Crippen molar-refractivity contribution in [2.45, 2.75) is 31.7 Å². The molecule has 0 saturated carbocycles. The Labute approximate surface area is 221 Å². The minimum absolute atomic E-state index is 0.147. The Hall–Kier alpha value is -4.40. The molecule has 4 aromatic rings. The SMILES string of the molecule is CN(C)C(=O)c1cccc(C(CC(=O)O)n2ncc3c(OCCc4ccc5c(n4)NCCC5)cccc32)c1. The molecule has 2 aromatic heterocycles. The number of carboxylic acid groups (broad SMARTS) is 1. The molecule has 3 heterocycles. The van der Waals surface area contributed by atoms with Crippen LogP contribution in [-0.4, -0.2) is 63.9 Å². The van der Waals surface area contributed by atoms with E-state index in [0.29, 0.717) is 29.9 Å². The molecule has 1 aliphatic heterocycles. The standard InChI is InChI=1S/C29H31N5O4/c1-33(2)29(37)21-7-3-6-20(16-21)25(17-27(35)36)34-24-9-4-10-26(23(24)18-31-34)38-15-13-22-12-11-19-8-5-14-30-28(19)32-22/h3-4,6-7,9-12,16,18,25H,5,8,13-15,17H2,1-2H3,(H,30,32)(H,35,36). The number of carbonyl (C=O) groups is 2. The van der Waals surface area contributed by atoms with Gasteiger partial charge in [0.25, 0.3) is 5.91 Å². The summed E-state index contributed by atoms with van der Waals surface area (Å²) in [6, 6.07) is 16.3. The molecule has 0 radical (unpaired) electrons. The number of benzene rings is 2. The van der Waals surface area contributed by atoms with Gasteiger partial charge in [0.2, 0.25) is 0 Å². The van der Waals surface area contributed by atoms with Crippen LogP contribution in [0.15, 0.2) is 60.8 Å². The van der Waals surface area contributed by atoms with E-state index >= 15 is 0 Å². The van der Waals surface area contributed by atoms with Crippen molar-refractivity contribution in [2.75, 3.05) is 32.6 Å². The fourth-order valence-corrected chi connectivity index (χ4v) is 4.84. The van der Waals surface area contributed by atoms with Gasteiger partial charge >= 0.3 is 5.97 Å². The number of nitrogens with zero attached hydrogens (tertiary/aromatic N) is 4. The molecule has 0 aliphatic carbocycles. The summed E-state index contributed by atoms with van der Waals surface area (Å²) in [7, 11) is 3.37. The molecule has 1 atom stereocenters. The number of hydrogen-bond donors (Lipinski definition) is 2. The Kier molecular flexibility index (Phi) is 7.26. The first-order valence-corrected chi connectivity index (χ1v) is 12.8. The maximum absolute atomic E-state index is 12.5. The summed E-state index contributed by atoms with van der Waals surface area (Å²) in [6.07, 6.45) is 4.36. The molecule has 196 valence electrons. The molecule has 0 saturated heterocycles. The van der Waals surface area contributed by atoms with Gasteiger partial charge in [0, 0.05) is 38.3 Å². The number of aliphatic carboxylic acids is 1. The van der Waals surface area contributed by atoms with Crippen LogP contribution in [0.1, 0.15) is 46.1 Å². The van der Waals surface area contributed by atoms with Gasteiger partial charge in [-0.1, -0.05) is 24.3 Å². The Morgan fingerprint density at radius 2 is 2.00 bits per heavy atom. The number of ether oxygens (including phenoxy) is 1. The molecule has 0 fully saturated rings. The molecule has 0 spiro atoms. The van der Waals surface area contributed by atoms with Gasteiger partial charge in [-0.15, -0.1) is 0 Å². The van der Waals surface area contributed by atoms with Gasteiger partial charge in [-0.05, 0) is 54.3 Å². The average molecular weight is 514 g/mol. The number of fused-ring (bicyclic) bond motifs is 2. The molecule has 38 heavy (non-hydrogen) atoms. The maximum Gasteiger partial charge on any atom is 0.305 e. The highest BCUT2D eigenvalue weighted by Gasteiger charge is 2.23. The molecule has 2 N–H and O–H groups in total. The molecular weight excluding hydrogens is 482 g/mol. The second kappa shape index (κ2) is 10.9. The molecule has 2 aromatic carbocycles. The van der Waals surface area contributed by atoms with Gasteiger partial charge in [0.05, 0.1) is 36.2 Å². The first-order valence-electron chi connectivity index (χ1n) is 12.8. The second-order valence-electron chi connectivity index (χ2n) is 9.66. The first-order chi connectivity index (χ1) is 18.4. The van der Waals surface area contributed by atoms with E-state index in [1.54, 1.807) is 43.2 Å². The van der Waals surface area contributed by atoms with E-state index in [1.165, 1.54) is 10.5 Å². The predicted molar refractivity (Wildman–Crippen MR) is 145 cm³/mol. The van der Waals surface area contributed by atoms with Crippen molar-refractivity contribution in [1.82, 2.24) is 19.7 Å². The number of amides is 1. The van der Waals surface area contributed by atoms with E-state index in [2.05, 4.69) is 22.5 Å². The summed E-state index contributed by atoms with van der Waals surface area (Å²) in [5, 5.41) is 18.4. The average Bonchev–Trinajstić information content (AvgIpc) is 3.36. The number of rotatable bonds is 9. The molecule has 9 heteroatoms. The van der Waals surface area contributed by atoms with Crippen LogP contribution in [0, 0.1) is 0 Å². The van der Waals surface area contributed by atoms with Crippen molar-refractivity contribution in [3.8, 4) is 5.75 Å². The minimum Gasteiger partial charge on any atom is -0.492 e. The van der Waals surface area contributed by atoms with Crippen molar-refractivity contribution in [3.05, 3.63) is 83.2 Å². The number of carbonyl (C=O) groups excluding carboxylic acids is 1. The topological polar surface area (TPSA) is 110 Å². The lowest BCUT2D eigenvalue weighted by Gasteiger charge is -2.19. The van der Waals surface area contributed by atoms with E-state index in [9.17, 15) is 14.7 Å². The number of pyridine rings is 1. The summed E-state index contributed by atoms with van der Waals surface area (Å²) < 4.78 is 7.84. The van der Waals surface area contributed by atoms with Gasteiger partial charge in [-0.25, -0.2) is 4.98 Å². The Bertz CT molecular complexity index is 1480. The Morgan fingerprint density at radius 1 is 1.16 bits per heavy atom. The van der Waals surface area contributed by atoms with Gasteiger partial charge in [-0.3, -0.25) is 14.3 Å². The van der Waals surface area contributed by atoms with Crippen LogP contribution >= 0.6 is 0 Å². The van der Waals surface area contributed by atoms with Crippen molar-refractivity contribution in [3.63, 3.8) is 0 Å². The summed E-state index contributed by atoms with van der Waals surface area (Å²) >= 11 is 0. The highest BCUT2D eigenvalue weighted by Crippen LogP contribution is 2.31. The van der Waals surface area contributed by atoms with Crippen LogP contribution in [0.4, 0.5) is 5.82 Å². The van der Waals surface area contributed by atoms with E-state index in [0.717, 1.165) is 41.8 Å². The summed E-state index contributed by atoms with van der Waals surface area (Å²) in [5.41, 5.74) is 4.17. The largest absolute Gasteiger partial charge is 0.492 e. The minimum atomic E-state index is -0.956. The first kappa shape index (κ1) is 25.3. The van der Waals surface area contributed by atoms with Crippen LogP contribution in [-0.2, 0) is 17.6 Å². The molecule has 1 unspecified atom stereocenters. The van der Waals surface area contributed by atoms with Crippen LogP contribution in [0.5, 0.6) is 5.75 Å². The fraction of sp³-hybridized carbons (Fsp3) is 0.310. The lowest BCUT2D eigenvalue weighted by Crippen LogP contribution is -2.22. The number of aromatic nitrogens is 3. The van der Waals surface area contributed by atoms with E-state index in [4.69, 9.17) is 9.72 Å². The Morgan fingerprint density at radius 3 is 2.82 bits per heavy atom. The van der Waals surface area contributed by atoms with Crippen LogP contribution in [0.2, 0.25) is 0 Å². The predicted octanol–water partition coefficient (Wildman–Crippen LogP) is 4.18. The summed E-state index contributed by atoms with van der Waals surface area (Å²) in [4.78, 5) is 30.6. The van der Waals surface area contributed by atoms with Crippen molar-refractivity contribution < 1.29 is 19.4 Å². The number of hydrogen-bond acceptors (Lipinski definition) is 6. The van der Waals surface area contributed by atoms with E-state index in [-0.39, 0.29) is 12.3 Å². The smallest absolute Gasteiger partial charge is 0.305 e. The monoisotopic (exact) mass is 513 g/mol. The van der Waals surface area contributed by atoms with E-state index < -0.39 is 12.0 Å². The van der Waals surface area contributed by atoms with Gasteiger partial charge in [-0.2, -0.15) is 5.10 Å². The van der Waals surface area contributed by atoms with Crippen molar-refractivity contribution >= 4 is 28.6 Å². The molecule has 0 bridgehead atoms. The molecule has 1 aliphatic rings. The molecular formula is C29H31N5O4. The number of nitrogens with one attached hydrogen (secondary N) is 1. The van der Waals surface area contributed by atoms with Crippen LogP contribution < -0.4 is 10.1 Å². The Balaban J connectivity index is 1.39. The van der Waals surface area contributed by atoms with Gasteiger partial charge < -0.3 is 20.1 Å².